The van der Waals surface area contributed by atoms with Gasteiger partial charge in [-0.1, -0.05) is 41.3 Å². The van der Waals surface area contributed by atoms with Gasteiger partial charge in [-0.15, -0.1) is 10.2 Å². The third kappa shape index (κ3) is 2.20. The fraction of sp³-hybridized carbons (Fsp3) is 0.118. The van der Waals surface area contributed by atoms with Crippen molar-refractivity contribution in [1.29, 1.82) is 0 Å². The van der Waals surface area contributed by atoms with Crippen molar-refractivity contribution in [2.24, 2.45) is 0 Å². The standard InChI is InChI=1S/C17H13N5S2/c1-11-6-7-15-18-12(9-21(15)8-11)10-23-16-19-20-17-22(16)13-4-2-3-5-14(13)24-17/h2-9H,10H2,1H3. The number of hydrogen-bond acceptors (Lipinski definition) is 5. The molecule has 4 aromatic heterocycles. The van der Waals surface area contributed by atoms with Crippen molar-refractivity contribution < 1.29 is 0 Å². The number of fused-ring (bicyclic) bond motifs is 4. The van der Waals surface area contributed by atoms with E-state index in [1.54, 1.807) is 23.1 Å². The smallest absolute Gasteiger partial charge is 0.217 e. The predicted molar refractivity (Wildman–Crippen MR) is 97.9 cm³/mol. The van der Waals surface area contributed by atoms with Crippen molar-refractivity contribution in [3.05, 3.63) is 60.0 Å². The molecule has 118 valence electrons. The molecule has 1 aromatic carbocycles. The van der Waals surface area contributed by atoms with Crippen molar-refractivity contribution in [3.63, 3.8) is 0 Å². The number of pyridine rings is 1. The molecular formula is C17H13N5S2. The topological polar surface area (TPSA) is 47.5 Å². The second-order valence-corrected chi connectivity index (χ2v) is 7.61. The van der Waals surface area contributed by atoms with Gasteiger partial charge in [0.05, 0.1) is 15.9 Å². The lowest BCUT2D eigenvalue weighted by Gasteiger charge is -1.97. The first-order valence-electron chi connectivity index (χ1n) is 7.58. The van der Waals surface area contributed by atoms with Crippen molar-refractivity contribution in [2.45, 2.75) is 17.8 Å². The number of rotatable bonds is 3. The van der Waals surface area contributed by atoms with Gasteiger partial charge in [0.1, 0.15) is 5.65 Å². The van der Waals surface area contributed by atoms with E-state index in [0.717, 1.165) is 32.7 Å². The van der Waals surface area contributed by atoms with Gasteiger partial charge in [-0.25, -0.2) is 4.98 Å². The van der Waals surface area contributed by atoms with Gasteiger partial charge < -0.3 is 4.40 Å². The van der Waals surface area contributed by atoms with Gasteiger partial charge in [0, 0.05) is 18.1 Å². The Bertz CT molecular complexity index is 1180. The fourth-order valence-corrected chi connectivity index (χ4v) is 4.66. The van der Waals surface area contributed by atoms with Crippen LogP contribution in [0.25, 0.3) is 20.8 Å². The molecular weight excluding hydrogens is 338 g/mol. The molecule has 5 nitrogen and oxygen atoms in total. The zero-order valence-corrected chi connectivity index (χ0v) is 14.5. The van der Waals surface area contributed by atoms with Crippen LogP contribution in [0.15, 0.2) is 53.9 Å². The van der Waals surface area contributed by atoms with Crippen LogP contribution in [-0.2, 0) is 5.75 Å². The van der Waals surface area contributed by atoms with E-state index >= 15 is 0 Å². The van der Waals surface area contributed by atoms with Gasteiger partial charge >= 0.3 is 0 Å². The highest BCUT2D eigenvalue weighted by Crippen LogP contribution is 2.30. The first-order valence-corrected chi connectivity index (χ1v) is 9.38. The summed E-state index contributed by atoms with van der Waals surface area (Å²) in [5.74, 6) is 0.770. The van der Waals surface area contributed by atoms with Crippen molar-refractivity contribution >= 4 is 43.9 Å². The molecule has 0 aliphatic carbocycles. The van der Waals surface area contributed by atoms with Crippen molar-refractivity contribution in [3.8, 4) is 0 Å². The summed E-state index contributed by atoms with van der Waals surface area (Å²) >= 11 is 3.33. The molecule has 0 radical (unpaired) electrons. The largest absolute Gasteiger partial charge is 0.307 e. The summed E-state index contributed by atoms with van der Waals surface area (Å²) < 4.78 is 5.43. The average Bonchev–Trinajstić information content (AvgIpc) is 3.25. The number of thioether (sulfide) groups is 1. The number of thiazole rings is 1. The Hall–Kier alpha value is -2.38. The summed E-state index contributed by atoms with van der Waals surface area (Å²) in [4.78, 5) is 5.61. The van der Waals surface area contributed by atoms with E-state index in [-0.39, 0.29) is 0 Å². The second-order valence-electron chi connectivity index (χ2n) is 5.66. The van der Waals surface area contributed by atoms with Crippen LogP contribution >= 0.6 is 23.1 Å². The quantitative estimate of drug-likeness (QED) is 0.457. The summed E-state index contributed by atoms with van der Waals surface area (Å²) in [6.45, 7) is 2.09. The number of para-hydroxylation sites is 1. The van der Waals surface area contributed by atoms with E-state index in [0.29, 0.717) is 0 Å². The lowest BCUT2D eigenvalue weighted by Crippen LogP contribution is -1.87. The first-order chi connectivity index (χ1) is 11.8. The number of benzene rings is 1. The molecule has 5 rings (SSSR count). The summed E-state index contributed by atoms with van der Waals surface area (Å²) in [6, 6.07) is 12.5. The number of aryl methyl sites for hydroxylation is 1. The highest BCUT2D eigenvalue weighted by Gasteiger charge is 2.13. The number of aromatic nitrogens is 5. The third-order valence-corrected chi connectivity index (χ3v) is 5.88. The molecule has 0 amide bonds. The molecule has 0 spiro atoms. The molecule has 24 heavy (non-hydrogen) atoms. The molecule has 0 aliphatic heterocycles. The maximum Gasteiger partial charge on any atom is 0.217 e. The van der Waals surface area contributed by atoms with E-state index in [1.807, 2.05) is 12.1 Å². The molecule has 0 fully saturated rings. The average molecular weight is 351 g/mol. The van der Waals surface area contributed by atoms with Crippen LogP contribution in [0.2, 0.25) is 0 Å². The molecule has 0 saturated heterocycles. The van der Waals surface area contributed by atoms with Crippen LogP contribution in [0, 0.1) is 6.92 Å². The monoisotopic (exact) mass is 351 g/mol. The Morgan fingerprint density at radius 1 is 1.08 bits per heavy atom. The van der Waals surface area contributed by atoms with Crippen molar-refractivity contribution in [1.82, 2.24) is 24.0 Å². The fourth-order valence-electron chi connectivity index (χ4n) is 2.81. The predicted octanol–water partition coefficient (Wildman–Crippen LogP) is 4.19. The van der Waals surface area contributed by atoms with Crippen LogP contribution in [0.3, 0.4) is 0 Å². The van der Waals surface area contributed by atoms with E-state index < -0.39 is 0 Å². The molecule has 0 saturated carbocycles. The Morgan fingerprint density at radius 2 is 2.00 bits per heavy atom. The van der Waals surface area contributed by atoms with Gasteiger partial charge in [-0.05, 0) is 30.7 Å². The zero-order valence-electron chi connectivity index (χ0n) is 12.9. The molecule has 5 aromatic rings. The second kappa shape index (κ2) is 5.32. The van der Waals surface area contributed by atoms with Gasteiger partial charge in [-0.2, -0.15) is 0 Å². The molecule has 4 heterocycles. The lowest BCUT2D eigenvalue weighted by molar-refractivity contribution is 0.939. The van der Waals surface area contributed by atoms with E-state index in [2.05, 4.69) is 67.6 Å². The summed E-state index contributed by atoms with van der Waals surface area (Å²) in [5.41, 5.74) is 4.41. The van der Waals surface area contributed by atoms with Gasteiger partial charge in [0.25, 0.3) is 0 Å². The van der Waals surface area contributed by atoms with Crippen LogP contribution in [0.1, 0.15) is 11.3 Å². The van der Waals surface area contributed by atoms with E-state index in [9.17, 15) is 0 Å². The number of nitrogens with zero attached hydrogens (tertiary/aromatic N) is 5. The van der Waals surface area contributed by atoms with Crippen LogP contribution in [0.5, 0.6) is 0 Å². The Balaban J connectivity index is 1.49. The number of hydrogen-bond donors (Lipinski definition) is 0. The molecule has 7 heteroatoms. The molecule has 0 unspecified atom stereocenters. The molecule has 0 aliphatic rings. The summed E-state index contributed by atoms with van der Waals surface area (Å²) in [5, 5.41) is 9.56. The highest BCUT2D eigenvalue weighted by molar-refractivity contribution is 7.98. The maximum absolute atomic E-state index is 4.67. The Kier molecular flexibility index (Phi) is 3.11. The third-order valence-electron chi connectivity index (χ3n) is 3.91. The first kappa shape index (κ1) is 14.0. The molecule has 0 atom stereocenters. The number of imidazole rings is 1. The highest BCUT2D eigenvalue weighted by atomic mass is 32.2. The van der Waals surface area contributed by atoms with Gasteiger partial charge in [0.2, 0.25) is 4.96 Å². The van der Waals surface area contributed by atoms with Crippen LogP contribution < -0.4 is 0 Å². The minimum absolute atomic E-state index is 0.770. The SMILES string of the molecule is Cc1ccc2nc(CSc3nnc4sc5ccccc5n34)cn2c1. The molecule has 0 bridgehead atoms. The van der Waals surface area contributed by atoms with E-state index in [1.165, 1.54) is 10.3 Å². The van der Waals surface area contributed by atoms with Crippen LogP contribution in [-0.4, -0.2) is 24.0 Å². The lowest BCUT2D eigenvalue weighted by atomic mass is 10.3. The zero-order chi connectivity index (χ0) is 16.1. The summed E-state index contributed by atoms with van der Waals surface area (Å²) in [7, 11) is 0. The minimum Gasteiger partial charge on any atom is -0.307 e. The van der Waals surface area contributed by atoms with Crippen LogP contribution in [0.4, 0.5) is 0 Å². The molecule has 0 N–H and O–H groups in total. The van der Waals surface area contributed by atoms with Gasteiger partial charge in [-0.3, -0.25) is 4.40 Å². The summed E-state index contributed by atoms with van der Waals surface area (Å²) in [6.07, 6.45) is 4.18. The Morgan fingerprint density at radius 3 is 2.96 bits per heavy atom. The Labute approximate surface area is 146 Å². The minimum atomic E-state index is 0.770. The van der Waals surface area contributed by atoms with Crippen molar-refractivity contribution in [2.75, 3.05) is 0 Å². The normalized spacial score (nSPS) is 11.9. The maximum atomic E-state index is 4.67. The van der Waals surface area contributed by atoms with E-state index in [4.69, 9.17) is 0 Å². The van der Waals surface area contributed by atoms with Gasteiger partial charge in [0.15, 0.2) is 5.16 Å².